The third kappa shape index (κ3) is 3.30. The second kappa shape index (κ2) is 7.21. The second-order valence-corrected chi connectivity index (χ2v) is 8.40. The van der Waals surface area contributed by atoms with Gasteiger partial charge in [0.25, 0.3) is 0 Å². The van der Waals surface area contributed by atoms with Gasteiger partial charge in [-0.15, -0.1) is 10.2 Å². The average molecular weight is 464 g/mol. The number of rotatable bonds is 4. The summed E-state index contributed by atoms with van der Waals surface area (Å²) in [6.45, 7) is 0.924. The molecule has 11 heteroatoms. The Morgan fingerprint density at radius 1 is 1.22 bits per heavy atom. The summed E-state index contributed by atoms with van der Waals surface area (Å²) >= 11 is 5.85. The van der Waals surface area contributed by atoms with E-state index in [1.807, 2.05) is 17.7 Å². The average Bonchev–Trinajstić information content (AvgIpc) is 3.26. The number of hydrogen-bond acceptors (Lipinski definition) is 4. The molecule has 1 aromatic carbocycles. The first-order chi connectivity index (χ1) is 15.2. The topological polar surface area (TPSA) is 66.3 Å². The predicted molar refractivity (Wildman–Crippen MR) is 110 cm³/mol. The summed E-state index contributed by atoms with van der Waals surface area (Å²) in [5.74, 6) is 0.787. The van der Waals surface area contributed by atoms with Gasteiger partial charge in [0.05, 0.1) is 35.0 Å². The summed E-state index contributed by atoms with van der Waals surface area (Å²) in [7, 11) is 1.86. The number of imidazole rings is 1. The molecule has 5 rings (SSSR count). The highest BCUT2D eigenvalue weighted by atomic mass is 35.5. The van der Waals surface area contributed by atoms with Crippen LogP contribution >= 0.6 is 11.6 Å². The molecule has 1 saturated heterocycles. The zero-order valence-corrected chi connectivity index (χ0v) is 17.6. The maximum absolute atomic E-state index is 13.5. The quantitative estimate of drug-likeness (QED) is 0.465. The molecular weight excluding hydrogens is 447 g/mol. The molecule has 4 heterocycles. The Kier molecular flexibility index (Phi) is 4.68. The summed E-state index contributed by atoms with van der Waals surface area (Å²) in [5, 5.41) is 7.89. The molecule has 3 aromatic heterocycles. The number of pyridine rings is 1. The number of hydrogen-bond donors (Lipinski definition) is 0. The van der Waals surface area contributed by atoms with Crippen molar-refractivity contribution in [3.63, 3.8) is 0 Å². The van der Waals surface area contributed by atoms with Gasteiger partial charge in [0.1, 0.15) is 12.2 Å². The lowest BCUT2D eigenvalue weighted by Gasteiger charge is -2.41. The highest BCUT2D eigenvalue weighted by molar-refractivity contribution is 6.30. The minimum absolute atomic E-state index is 0.173. The lowest BCUT2D eigenvalue weighted by molar-refractivity contribution is -0.136. The molecule has 0 atom stereocenters. The van der Waals surface area contributed by atoms with Crippen LogP contribution in [0.5, 0.6) is 0 Å². The summed E-state index contributed by atoms with van der Waals surface area (Å²) in [4.78, 5) is 13.0. The van der Waals surface area contributed by atoms with Crippen molar-refractivity contribution >= 4 is 17.1 Å². The number of fused-ring (bicyclic) bond motifs is 1. The minimum atomic E-state index is -4.65. The fourth-order valence-corrected chi connectivity index (χ4v) is 4.25. The van der Waals surface area contributed by atoms with Gasteiger partial charge < -0.3 is 9.30 Å². The molecule has 1 aliphatic rings. The Morgan fingerprint density at radius 3 is 2.62 bits per heavy atom. The van der Waals surface area contributed by atoms with Crippen LogP contribution in [0.1, 0.15) is 17.0 Å². The monoisotopic (exact) mass is 463 g/mol. The van der Waals surface area contributed by atoms with Crippen molar-refractivity contribution in [3.8, 4) is 5.69 Å². The van der Waals surface area contributed by atoms with Crippen molar-refractivity contribution in [1.29, 1.82) is 0 Å². The van der Waals surface area contributed by atoms with Crippen LogP contribution in [0.25, 0.3) is 11.2 Å². The van der Waals surface area contributed by atoms with E-state index in [4.69, 9.17) is 16.3 Å². The fraction of sp³-hybridized carbons (Fsp3) is 0.286. The van der Waals surface area contributed by atoms with Crippen LogP contribution in [0.4, 0.5) is 13.2 Å². The summed E-state index contributed by atoms with van der Waals surface area (Å²) in [5.41, 5.74) is -0.885. The Bertz CT molecular complexity index is 1380. The summed E-state index contributed by atoms with van der Waals surface area (Å²) in [6.07, 6.45) is -0.0838. The second-order valence-electron chi connectivity index (χ2n) is 7.96. The molecule has 0 N–H and O–H groups in total. The van der Waals surface area contributed by atoms with Crippen LogP contribution in [0, 0.1) is 0 Å². The molecule has 0 saturated carbocycles. The first-order valence-corrected chi connectivity index (χ1v) is 10.1. The molecule has 0 spiro atoms. The largest absolute Gasteiger partial charge is 0.418 e. The van der Waals surface area contributed by atoms with E-state index in [1.54, 1.807) is 24.5 Å². The maximum atomic E-state index is 13.5. The summed E-state index contributed by atoms with van der Waals surface area (Å²) in [6, 6.07) is 7.98. The van der Waals surface area contributed by atoms with Crippen LogP contribution in [-0.2, 0) is 29.8 Å². The number of aromatic nitrogens is 5. The first-order valence-electron chi connectivity index (χ1n) is 9.70. The van der Waals surface area contributed by atoms with Crippen molar-refractivity contribution in [1.82, 2.24) is 23.7 Å². The van der Waals surface area contributed by atoms with E-state index >= 15 is 0 Å². The number of nitrogens with zero attached hydrogens (tertiary/aromatic N) is 5. The SMILES string of the molecule is Cn1cnnc1CC1(c2cccc(-n3cc4c(C(F)(F)F)cc(Cl)cn4c3=O)c2)COC1. The van der Waals surface area contributed by atoms with E-state index in [2.05, 4.69) is 10.2 Å². The number of alkyl halides is 3. The molecule has 0 bridgehead atoms. The molecular formula is C21H17ClF3N5O2. The van der Waals surface area contributed by atoms with E-state index in [9.17, 15) is 18.0 Å². The number of benzene rings is 1. The van der Waals surface area contributed by atoms with Crippen LogP contribution in [0.15, 0.2) is 53.8 Å². The zero-order valence-electron chi connectivity index (χ0n) is 16.8. The van der Waals surface area contributed by atoms with Crippen LogP contribution in [-0.4, -0.2) is 36.9 Å². The van der Waals surface area contributed by atoms with Gasteiger partial charge in [0.2, 0.25) is 0 Å². The Labute approximate surface area is 184 Å². The van der Waals surface area contributed by atoms with Gasteiger partial charge in [-0.2, -0.15) is 13.2 Å². The number of aryl methyl sites for hydroxylation is 1. The van der Waals surface area contributed by atoms with E-state index in [0.29, 0.717) is 25.3 Å². The van der Waals surface area contributed by atoms with Crippen molar-refractivity contribution in [2.24, 2.45) is 7.05 Å². The Balaban J connectivity index is 1.61. The normalized spacial score (nSPS) is 15.8. The molecule has 7 nitrogen and oxygen atoms in total. The molecule has 1 fully saturated rings. The first kappa shape index (κ1) is 20.8. The van der Waals surface area contributed by atoms with E-state index in [1.165, 1.54) is 17.0 Å². The zero-order chi connectivity index (χ0) is 22.7. The smallest absolute Gasteiger partial charge is 0.379 e. The van der Waals surface area contributed by atoms with Crippen molar-refractivity contribution < 1.29 is 17.9 Å². The standard InChI is InChI=1S/C21H17ClF3N5O2/c1-28-12-26-27-18(28)7-20(10-32-11-20)13-3-2-4-15(5-13)29-9-17-16(21(23,24)25)6-14(22)8-30(17)19(29)31/h2-6,8-9,12H,7,10-11H2,1H3. The third-order valence-electron chi connectivity index (χ3n) is 5.83. The van der Waals surface area contributed by atoms with Gasteiger partial charge in [-0.1, -0.05) is 23.7 Å². The van der Waals surface area contributed by atoms with Gasteiger partial charge in [0.15, 0.2) is 0 Å². The maximum Gasteiger partial charge on any atom is 0.418 e. The van der Waals surface area contributed by atoms with Crippen molar-refractivity contribution in [2.75, 3.05) is 13.2 Å². The van der Waals surface area contributed by atoms with Crippen molar-refractivity contribution in [3.05, 3.63) is 81.5 Å². The van der Waals surface area contributed by atoms with Gasteiger partial charge in [-0.25, -0.2) is 4.79 Å². The highest BCUT2D eigenvalue weighted by Gasteiger charge is 2.42. The molecule has 166 valence electrons. The van der Waals surface area contributed by atoms with E-state index in [-0.39, 0.29) is 16.0 Å². The van der Waals surface area contributed by atoms with Crippen LogP contribution in [0.3, 0.4) is 0 Å². The molecule has 0 aliphatic carbocycles. The molecule has 4 aromatic rings. The number of ether oxygens (including phenoxy) is 1. The van der Waals surface area contributed by atoms with Gasteiger partial charge in [-0.05, 0) is 23.8 Å². The highest BCUT2D eigenvalue weighted by Crippen LogP contribution is 2.37. The van der Waals surface area contributed by atoms with Crippen LogP contribution in [0.2, 0.25) is 5.02 Å². The van der Waals surface area contributed by atoms with E-state index < -0.39 is 17.4 Å². The molecule has 1 aliphatic heterocycles. The van der Waals surface area contributed by atoms with Gasteiger partial charge in [0, 0.05) is 31.3 Å². The van der Waals surface area contributed by atoms with Crippen LogP contribution < -0.4 is 5.69 Å². The molecule has 0 amide bonds. The molecule has 32 heavy (non-hydrogen) atoms. The van der Waals surface area contributed by atoms with Gasteiger partial charge >= 0.3 is 11.9 Å². The molecule has 0 radical (unpaired) electrons. The minimum Gasteiger partial charge on any atom is -0.379 e. The Morgan fingerprint density at radius 2 is 2.00 bits per heavy atom. The fourth-order valence-electron chi connectivity index (χ4n) is 4.04. The summed E-state index contributed by atoms with van der Waals surface area (Å²) < 4.78 is 50.0. The van der Waals surface area contributed by atoms with E-state index in [0.717, 1.165) is 21.9 Å². The lowest BCUT2D eigenvalue weighted by atomic mass is 9.75. The van der Waals surface area contributed by atoms with Crippen molar-refractivity contribution in [2.45, 2.75) is 18.0 Å². The lowest BCUT2D eigenvalue weighted by Crippen LogP contribution is -2.49. The number of halogens is 4. The van der Waals surface area contributed by atoms with Gasteiger partial charge in [-0.3, -0.25) is 8.97 Å². The predicted octanol–water partition coefficient (Wildman–Crippen LogP) is 3.40. The molecule has 0 unspecified atom stereocenters. The third-order valence-corrected chi connectivity index (χ3v) is 6.04. The Hall–Kier alpha value is -3.11.